The predicted octanol–water partition coefficient (Wildman–Crippen LogP) is 15.2. The Hall–Kier alpha value is -7.01. The van der Waals surface area contributed by atoms with Crippen molar-refractivity contribution in [2.45, 2.75) is 14.9 Å². The van der Waals surface area contributed by atoms with Crippen LogP contribution < -0.4 is 0 Å². The first kappa shape index (κ1) is 36.9. The van der Waals surface area contributed by atoms with Gasteiger partial charge in [0.15, 0.2) is 17.5 Å². The van der Waals surface area contributed by atoms with Crippen LogP contribution in [0.4, 0.5) is 0 Å². The first-order chi connectivity index (χ1) is 27.2. The largest absolute Gasteiger partial charge is 0.208 e. The molecule has 0 atom stereocenters. The molecule has 2 aromatic heterocycles. The molecular formula is C53H41N3S. The maximum absolute atomic E-state index is 5.10. The minimum absolute atomic E-state index is 0. The molecule has 10 aromatic rings. The van der Waals surface area contributed by atoms with E-state index >= 15 is 0 Å². The van der Waals surface area contributed by atoms with Crippen molar-refractivity contribution in [1.29, 1.82) is 0 Å². The lowest BCUT2D eigenvalue weighted by Gasteiger charge is -2.10. The average Bonchev–Trinajstić information content (AvgIpc) is 3.66. The maximum atomic E-state index is 5.10. The van der Waals surface area contributed by atoms with Crippen LogP contribution in [-0.4, -0.2) is 15.0 Å². The molecule has 0 N–H and O–H groups in total. The third-order valence-electron chi connectivity index (χ3n) is 10.1. The van der Waals surface area contributed by atoms with Gasteiger partial charge < -0.3 is 0 Å². The second kappa shape index (κ2) is 16.0. The molecule has 0 saturated carbocycles. The highest BCUT2D eigenvalue weighted by atomic mass is 32.1. The van der Waals surface area contributed by atoms with E-state index in [1.54, 1.807) is 0 Å². The zero-order valence-electron chi connectivity index (χ0n) is 29.8. The number of hydrogen-bond acceptors (Lipinski definition) is 4. The number of benzene rings is 8. The van der Waals surface area contributed by atoms with Gasteiger partial charge in [-0.25, -0.2) is 15.0 Å². The highest BCUT2D eigenvalue weighted by Gasteiger charge is 2.18. The van der Waals surface area contributed by atoms with Gasteiger partial charge in [-0.15, -0.1) is 11.3 Å². The highest BCUT2D eigenvalue weighted by molar-refractivity contribution is 7.26. The molecule has 2 heterocycles. The van der Waals surface area contributed by atoms with E-state index < -0.39 is 0 Å². The Kier molecular flexibility index (Phi) is 10.4. The first-order valence-corrected chi connectivity index (χ1v) is 19.3. The van der Waals surface area contributed by atoms with Crippen LogP contribution in [0, 0.1) is 0 Å². The van der Waals surface area contributed by atoms with Crippen LogP contribution in [0.3, 0.4) is 0 Å². The Balaban J connectivity index is 0.00000228. The fourth-order valence-electron chi connectivity index (χ4n) is 7.38. The molecular weight excluding hydrogens is 711 g/mol. The Morgan fingerprint density at radius 1 is 0.263 bits per heavy atom. The molecule has 0 unspecified atom stereocenters. The van der Waals surface area contributed by atoms with E-state index in [2.05, 4.69) is 164 Å². The van der Waals surface area contributed by atoms with Crippen LogP contribution in [0.25, 0.3) is 98.8 Å². The normalized spacial score (nSPS) is 10.9. The van der Waals surface area contributed by atoms with Crippen molar-refractivity contribution in [3.63, 3.8) is 0 Å². The number of hydrogen-bond donors (Lipinski definition) is 0. The van der Waals surface area contributed by atoms with Gasteiger partial charge in [0.25, 0.3) is 0 Å². The lowest BCUT2D eigenvalue weighted by Crippen LogP contribution is -2.00. The zero-order chi connectivity index (χ0) is 36.6. The van der Waals surface area contributed by atoms with Gasteiger partial charge in [0.2, 0.25) is 0 Å². The van der Waals surface area contributed by atoms with E-state index in [1.807, 2.05) is 47.7 Å². The highest BCUT2D eigenvalue weighted by Crippen LogP contribution is 2.46. The van der Waals surface area contributed by atoms with Crippen LogP contribution in [0.2, 0.25) is 0 Å². The van der Waals surface area contributed by atoms with Crippen molar-refractivity contribution in [3.8, 4) is 78.7 Å². The molecule has 8 aromatic carbocycles. The molecule has 0 aliphatic rings. The average molecular weight is 752 g/mol. The second-order valence-electron chi connectivity index (χ2n) is 13.6. The van der Waals surface area contributed by atoms with Gasteiger partial charge >= 0.3 is 0 Å². The van der Waals surface area contributed by atoms with Gasteiger partial charge in [0.1, 0.15) is 0 Å². The molecule has 0 saturated heterocycles. The number of aromatic nitrogens is 3. The van der Waals surface area contributed by atoms with Crippen molar-refractivity contribution in [3.05, 3.63) is 200 Å². The summed E-state index contributed by atoms with van der Waals surface area (Å²) in [4.78, 5) is 15.1. The third-order valence-corrected chi connectivity index (χ3v) is 11.4. The summed E-state index contributed by atoms with van der Waals surface area (Å²) in [6.45, 7) is 0. The lowest BCUT2D eigenvalue weighted by atomic mass is 9.95. The van der Waals surface area contributed by atoms with Gasteiger partial charge in [-0.2, -0.15) is 0 Å². The topological polar surface area (TPSA) is 38.7 Å². The maximum Gasteiger partial charge on any atom is 0.164 e. The Morgan fingerprint density at radius 2 is 0.684 bits per heavy atom. The van der Waals surface area contributed by atoms with E-state index in [9.17, 15) is 0 Å². The molecule has 0 fully saturated rings. The van der Waals surface area contributed by atoms with Crippen LogP contribution >= 0.6 is 11.3 Å². The summed E-state index contributed by atoms with van der Waals surface area (Å²) in [5, 5.41) is 2.52. The third kappa shape index (κ3) is 7.15. The minimum atomic E-state index is 0. The molecule has 0 aliphatic heterocycles. The van der Waals surface area contributed by atoms with Gasteiger partial charge in [-0.1, -0.05) is 197 Å². The Labute approximate surface area is 338 Å². The number of nitrogens with zero attached hydrogens (tertiary/aromatic N) is 3. The van der Waals surface area contributed by atoms with Crippen molar-refractivity contribution < 1.29 is 0 Å². The summed E-state index contributed by atoms with van der Waals surface area (Å²) in [6, 6.07) is 70.5. The molecule has 0 aliphatic carbocycles. The molecule has 0 bridgehead atoms. The summed E-state index contributed by atoms with van der Waals surface area (Å²) in [7, 11) is 0. The molecule has 0 radical (unpaired) electrons. The zero-order valence-corrected chi connectivity index (χ0v) is 30.6. The lowest BCUT2D eigenvalue weighted by molar-refractivity contribution is 1.07. The molecule has 274 valence electrons. The van der Waals surface area contributed by atoms with Crippen LogP contribution in [0.5, 0.6) is 0 Å². The molecule has 0 amide bonds. The number of fused-ring (bicyclic) bond motifs is 3. The Bertz CT molecular complexity index is 2940. The van der Waals surface area contributed by atoms with Crippen molar-refractivity contribution in [1.82, 2.24) is 15.0 Å². The van der Waals surface area contributed by atoms with Gasteiger partial charge in [-0.05, 0) is 57.1 Å². The van der Waals surface area contributed by atoms with Crippen LogP contribution in [-0.2, 0) is 0 Å². The summed E-state index contributed by atoms with van der Waals surface area (Å²) in [5.74, 6) is 1.93. The quantitative estimate of drug-likeness (QED) is 0.163. The van der Waals surface area contributed by atoms with Gasteiger partial charge in [-0.3, -0.25) is 0 Å². The minimum Gasteiger partial charge on any atom is -0.208 e. The molecule has 10 rings (SSSR count). The van der Waals surface area contributed by atoms with E-state index in [0.717, 1.165) is 27.8 Å². The van der Waals surface area contributed by atoms with Crippen molar-refractivity contribution in [2.75, 3.05) is 0 Å². The predicted molar refractivity (Wildman–Crippen MR) is 244 cm³/mol. The van der Waals surface area contributed by atoms with E-state index in [0.29, 0.717) is 17.5 Å². The Morgan fingerprint density at radius 3 is 1.30 bits per heavy atom. The van der Waals surface area contributed by atoms with Crippen molar-refractivity contribution >= 4 is 31.5 Å². The second-order valence-corrected chi connectivity index (χ2v) is 14.6. The SMILES string of the molecule is C.C.c1ccc(-c2ccc(-c3nc(-c4ccccc4)nc(-c4cccc(-c5cccc6c5sc5c(-c7ccccc7)cc(-c7ccccc7)cc56)c4)n3)cc2)cc1. The fourth-order valence-corrected chi connectivity index (χ4v) is 8.73. The number of thiophene rings is 1. The fraction of sp³-hybridized carbons (Fsp3) is 0.0377. The van der Waals surface area contributed by atoms with Gasteiger partial charge in [0, 0.05) is 42.4 Å². The number of rotatable bonds is 7. The first-order valence-electron chi connectivity index (χ1n) is 18.4. The molecule has 4 heteroatoms. The summed E-state index contributed by atoms with van der Waals surface area (Å²) in [6.07, 6.45) is 0. The summed E-state index contributed by atoms with van der Waals surface area (Å²) in [5.41, 5.74) is 12.4. The van der Waals surface area contributed by atoms with E-state index in [-0.39, 0.29) is 14.9 Å². The standard InChI is InChI=1S/C51H33N3S.2CH4/c1-5-15-34(16-6-1)36-27-29-39(30-28-36)50-52-49(38-21-11-4-12-22-38)53-51(54-50)41-24-13-23-40(31-41)43-25-14-26-44-46-33-42(35-17-7-2-8-18-35)32-45(48(46)55-47(43)44)37-19-9-3-10-20-37;;/h1-33H;2*1H4. The molecule has 0 spiro atoms. The molecule has 3 nitrogen and oxygen atoms in total. The summed E-state index contributed by atoms with van der Waals surface area (Å²) < 4.78 is 2.55. The molecule has 57 heavy (non-hydrogen) atoms. The van der Waals surface area contributed by atoms with Gasteiger partial charge in [0.05, 0.1) is 0 Å². The van der Waals surface area contributed by atoms with Crippen LogP contribution in [0.1, 0.15) is 14.9 Å². The van der Waals surface area contributed by atoms with E-state index in [1.165, 1.54) is 53.6 Å². The van der Waals surface area contributed by atoms with E-state index in [4.69, 9.17) is 15.0 Å². The monoisotopic (exact) mass is 751 g/mol. The summed E-state index contributed by atoms with van der Waals surface area (Å²) >= 11 is 1.87. The van der Waals surface area contributed by atoms with Crippen LogP contribution in [0.15, 0.2) is 200 Å². The van der Waals surface area contributed by atoms with Crippen molar-refractivity contribution in [2.24, 2.45) is 0 Å². The smallest absolute Gasteiger partial charge is 0.164 e.